The number of carbonyl (C=O) groups is 1. The third kappa shape index (κ3) is 1.74. The van der Waals surface area contributed by atoms with Crippen molar-refractivity contribution >= 4 is 16.8 Å². The van der Waals surface area contributed by atoms with Gasteiger partial charge in [-0.15, -0.1) is 0 Å². The zero-order valence-electron chi connectivity index (χ0n) is 5.96. The minimum absolute atomic E-state index is 0.188. The van der Waals surface area contributed by atoms with E-state index >= 15 is 0 Å². The highest BCUT2D eigenvalue weighted by atomic mass is 35.5. The minimum atomic E-state index is -0.567. The van der Waals surface area contributed by atoms with Gasteiger partial charge in [0.05, 0.1) is 12.9 Å². The van der Waals surface area contributed by atoms with Gasteiger partial charge in [-0.05, 0) is 24.6 Å². The smallest absolute Gasteiger partial charge is 0.296 e. The second-order valence-electron chi connectivity index (χ2n) is 1.83. The second kappa shape index (κ2) is 3.44. The number of halogens is 1. The highest BCUT2D eigenvalue weighted by Crippen LogP contribution is 2.21. The van der Waals surface area contributed by atoms with Crippen molar-refractivity contribution in [3.8, 4) is 5.95 Å². The molecule has 0 spiro atoms. The maximum atomic E-state index is 10.6. The summed E-state index contributed by atoms with van der Waals surface area (Å²) in [5.41, 5.74) is 0.272. The maximum absolute atomic E-state index is 10.6. The summed E-state index contributed by atoms with van der Waals surface area (Å²) in [4.78, 5) is 10.6. The molecular weight excluding hydrogens is 168 g/mol. The molecule has 0 N–H and O–H groups in total. The quantitative estimate of drug-likeness (QED) is 0.659. The Morgan fingerprint density at radius 3 is 3.09 bits per heavy atom. The summed E-state index contributed by atoms with van der Waals surface area (Å²) in [5, 5.41) is -0.567. The van der Waals surface area contributed by atoms with Crippen LogP contribution in [0.15, 0.2) is 16.7 Å². The van der Waals surface area contributed by atoms with Crippen LogP contribution in [0.5, 0.6) is 5.95 Å². The lowest BCUT2D eigenvalue weighted by atomic mass is 10.4. The first-order valence-electron chi connectivity index (χ1n) is 3.15. The first-order chi connectivity index (χ1) is 5.25. The van der Waals surface area contributed by atoms with E-state index in [4.69, 9.17) is 20.8 Å². The van der Waals surface area contributed by atoms with Crippen LogP contribution in [0.4, 0.5) is 0 Å². The molecule has 11 heavy (non-hydrogen) atoms. The standard InChI is InChI=1S/C7H7ClO3/c1-2-10-7-5(6(8)9)3-4-11-7/h3-4H,2H2,1H3. The molecule has 0 amide bonds. The fraction of sp³-hybridized carbons (Fsp3) is 0.286. The lowest BCUT2D eigenvalue weighted by molar-refractivity contribution is 0.107. The SMILES string of the molecule is CCOc1occc1C(=O)Cl. The van der Waals surface area contributed by atoms with Crippen LogP contribution in [0.2, 0.25) is 0 Å². The van der Waals surface area contributed by atoms with E-state index in [-0.39, 0.29) is 11.5 Å². The molecule has 0 aromatic carbocycles. The van der Waals surface area contributed by atoms with Crippen molar-refractivity contribution in [2.24, 2.45) is 0 Å². The fourth-order valence-corrected chi connectivity index (χ4v) is 0.824. The molecule has 0 radical (unpaired) electrons. The van der Waals surface area contributed by atoms with Gasteiger partial charge in [0.15, 0.2) is 0 Å². The van der Waals surface area contributed by atoms with Crippen molar-refractivity contribution in [2.75, 3.05) is 6.61 Å². The number of ether oxygens (including phenoxy) is 1. The van der Waals surface area contributed by atoms with E-state index in [1.807, 2.05) is 0 Å². The molecule has 3 nitrogen and oxygen atoms in total. The second-order valence-corrected chi connectivity index (χ2v) is 2.17. The van der Waals surface area contributed by atoms with Crippen LogP contribution in [0, 0.1) is 0 Å². The van der Waals surface area contributed by atoms with Gasteiger partial charge in [-0.1, -0.05) is 0 Å². The Morgan fingerprint density at radius 2 is 2.55 bits per heavy atom. The molecule has 0 aliphatic carbocycles. The van der Waals surface area contributed by atoms with E-state index in [1.165, 1.54) is 12.3 Å². The first kappa shape index (κ1) is 8.14. The molecule has 0 saturated heterocycles. The molecule has 0 aliphatic heterocycles. The highest BCUT2D eigenvalue weighted by Gasteiger charge is 2.12. The van der Waals surface area contributed by atoms with E-state index in [2.05, 4.69) is 0 Å². The van der Waals surface area contributed by atoms with Crippen molar-refractivity contribution in [3.63, 3.8) is 0 Å². The Labute approximate surface area is 68.9 Å². The largest absolute Gasteiger partial charge is 0.465 e. The van der Waals surface area contributed by atoms with E-state index < -0.39 is 5.24 Å². The van der Waals surface area contributed by atoms with Crippen LogP contribution in [0.3, 0.4) is 0 Å². The van der Waals surface area contributed by atoms with Gasteiger partial charge in [0.2, 0.25) is 0 Å². The topological polar surface area (TPSA) is 39.4 Å². The molecule has 4 heteroatoms. The molecule has 0 fully saturated rings. The number of carbonyl (C=O) groups excluding carboxylic acids is 1. The van der Waals surface area contributed by atoms with Gasteiger partial charge in [-0.2, -0.15) is 0 Å². The van der Waals surface area contributed by atoms with Crippen LogP contribution >= 0.6 is 11.6 Å². The van der Waals surface area contributed by atoms with Crippen molar-refractivity contribution in [2.45, 2.75) is 6.92 Å². The van der Waals surface area contributed by atoms with E-state index in [9.17, 15) is 4.79 Å². The van der Waals surface area contributed by atoms with Gasteiger partial charge in [-0.3, -0.25) is 4.79 Å². The van der Waals surface area contributed by atoms with Crippen molar-refractivity contribution in [1.29, 1.82) is 0 Å². The highest BCUT2D eigenvalue weighted by molar-refractivity contribution is 6.68. The van der Waals surface area contributed by atoms with Gasteiger partial charge >= 0.3 is 0 Å². The molecule has 1 rings (SSSR count). The van der Waals surface area contributed by atoms with Crippen LogP contribution in [0.1, 0.15) is 17.3 Å². The van der Waals surface area contributed by atoms with Crippen molar-refractivity contribution in [3.05, 3.63) is 17.9 Å². The monoisotopic (exact) mass is 174 g/mol. The lowest BCUT2D eigenvalue weighted by Gasteiger charge is -1.97. The zero-order chi connectivity index (χ0) is 8.27. The van der Waals surface area contributed by atoms with Crippen molar-refractivity contribution in [1.82, 2.24) is 0 Å². The summed E-state index contributed by atoms with van der Waals surface area (Å²) >= 11 is 5.21. The summed E-state index contributed by atoms with van der Waals surface area (Å²) in [6.45, 7) is 2.25. The molecule has 1 heterocycles. The Bertz CT molecular complexity index is 254. The number of hydrogen-bond donors (Lipinski definition) is 0. The van der Waals surface area contributed by atoms with Crippen LogP contribution < -0.4 is 4.74 Å². The fourth-order valence-electron chi connectivity index (χ4n) is 0.684. The molecule has 60 valence electrons. The predicted octanol–water partition coefficient (Wildman–Crippen LogP) is 2.06. The normalized spacial score (nSPS) is 9.64. The predicted molar refractivity (Wildman–Crippen MR) is 40.1 cm³/mol. The molecule has 0 bridgehead atoms. The Balaban J connectivity index is 2.87. The number of hydrogen-bond acceptors (Lipinski definition) is 3. The molecule has 0 saturated carbocycles. The van der Waals surface area contributed by atoms with Crippen LogP contribution in [0.25, 0.3) is 0 Å². The summed E-state index contributed by atoms with van der Waals surface area (Å²) in [5.74, 6) is 0.188. The van der Waals surface area contributed by atoms with E-state index in [0.29, 0.717) is 6.61 Å². The van der Waals surface area contributed by atoms with Gasteiger partial charge in [0.25, 0.3) is 11.2 Å². The summed E-state index contributed by atoms with van der Waals surface area (Å²) in [6, 6.07) is 1.47. The Hall–Kier alpha value is -0.960. The average molecular weight is 175 g/mol. The van der Waals surface area contributed by atoms with Gasteiger partial charge in [-0.25, -0.2) is 0 Å². The van der Waals surface area contributed by atoms with Gasteiger partial charge in [0, 0.05) is 0 Å². The minimum Gasteiger partial charge on any atom is -0.465 e. The maximum Gasteiger partial charge on any atom is 0.296 e. The molecule has 0 atom stereocenters. The number of furan rings is 1. The average Bonchev–Trinajstić information content (AvgIpc) is 2.36. The van der Waals surface area contributed by atoms with Crippen molar-refractivity contribution < 1.29 is 13.9 Å². The lowest BCUT2D eigenvalue weighted by Crippen LogP contribution is -1.95. The van der Waals surface area contributed by atoms with Gasteiger partial charge < -0.3 is 9.15 Å². The Morgan fingerprint density at radius 1 is 1.82 bits per heavy atom. The molecule has 1 aromatic rings. The van der Waals surface area contributed by atoms with E-state index in [1.54, 1.807) is 6.92 Å². The van der Waals surface area contributed by atoms with Crippen LogP contribution in [-0.4, -0.2) is 11.8 Å². The summed E-state index contributed by atoms with van der Waals surface area (Å²) < 4.78 is 9.81. The molecule has 1 aromatic heterocycles. The van der Waals surface area contributed by atoms with Gasteiger partial charge in [0.1, 0.15) is 5.56 Å². The third-order valence-electron chi connectivity index (χ3n) is 1.12. The van der Waals surface area contributed by atoms with Crippen LogP contribution in [-0.2, 0) is 0 Å². The summed E-state index contributed by atoms with van der Waals surface area (Å²) in [6.07, 6.45) is 1.36. The van der Waals surface area contributed by atoms with E-state index in [0.717, 1.165) is 0 Å². The Kier molecular flexibility index (Phi) is 2.54. The molecule has 0 unspecified atom stereocenters. The first-order valence-corrected chi connectivity index (χ1v) is 3.53. The number of rotatable bonds is 3. The summed E-state index contributed by atoms with van der Waals surface area (Å²) in [7, 11) is 0. The molecule has 0 aliphatic rings. The zero-order valence-corrected chi connectivity index (χ0v) is 6.72. The third-order valence-corrected chi connectivity index (χ3v) is 1.32. The molecular formula is C7H7ClO3.